The number of benzene rings is 2. The molecule has 2 aromatic carbocycles. The third-order valence-corrected chi connectivity index (χ3v) is 6.03. The number of aromatic carboxylic acids is 1. The summed E-state index contributed by atoms with van der Waals surface area (Å²) in [4.78, 5) is 27.3. The predicted octanol–water partition coefficient (Wildman–Crippen LogP) is 4.00. The minimum Gasteiger partial charge on any atom is -0.606 e. The van der Waals surface area contributed by atoms with Crippen molar-refractivity contribution in [1.29, 1.82) is 0 Å². The molecule has 0 aliphatic rings. The van der Waals surface area contributed by atoms with Gasteiger partial charge in [0.25, 0.3) is 0 Å². The number of carbonyl (C=O) groups is 2. The summed E-state index contributed by atoms with van der Waals surface area (Å²) in [7, 11) is 0. The molecule has 0 aliphatic carbocycles. The molecule has 3 aromatic rings. The SMILES string of the molecule is CCc1c(OCc2ccc([S+]([O-])c3cncc(C(=O)O)c3)cc2)ccc(C(C)=O)c1O. The summed E-state index contributed by atoms with van der Waals surface area (Å²) in [6.45, 7) is 3.48. The first-order valence-corrected chi connectivity index (χ1v) is 10.6. The number of carboxylic acid groups (broad SMARTS) is 1. The molecule has 1 unspecified atom stereocenters. The molecule has 0 saturated heterocycles. The Labute approximate surface area is 182 Å². The number of nitrogens with zero attached hydrogens (tertiary/aromatic N) is 1. The first-order chi connectivity index (χ1) is 14.8. The Morgan fingerprint density at radius 3 is 2.42 bits per heavy atom. The molecule has 3 rings (SSSR count). The maximum atomic E-state index is 12.7. The van der Waals surface area contributed by atoms with E-state index in [1.54, 1.807) is 30.3 Å². The quantitative estimate of drug-likeness (QED) is 0.402. The number of rotatable bonds is 8. The number of hydrogen-bond acceptors (Lipinski definition) is 6. The van der Waals surface area contributed by atoms with E-state index in [0.717, 1.165) is 5.56 Å². The molecule has 1 aromatic heterocycles. The predicted molar refractivity (Wildman–Crippen MR) is 114 cm³/mol. The summed E-state index contributed by atoms with van der Waals surface area (Å²) in [5.74, 6) is -0.913. The van der Waals surface area contributed by atoms with Gasteiger partial charge in [0.2, 0.25) is 0 Å². The number of carboxylic acids is 1. The second kappa shape index (κ2) is 9.63. The van der Waals surface area contributed by atoms with Gasteiger partial charge in [-0.25, -0.2) is 4.79 Å². The monoisotopic (exact) mass is 439 g/mol. The van der Waals surface area contributed by atoms with E-state index in [9.17, 15) is 19.2 Å². The number of hydrogen-bond donors (Lipinski definition) is 2. The molecule has 0 fully saturated rings. The van der Waals surface area contributed by atoms with Gasteiger partial charge < -0.3 is 19.5 Å². The van der Waals surface area contributed by atoms with E-state index in [-0.39, 0.29) is 29.3 Å². The van der Waals surface area contributed by atoms with Crippen LogP contribution in [0.1, 0.15) is 45.7 Å². The average Bonchev–Trinajstić information content (AvgIpc) is 2.77. The summed E-state index contributed by atoms with van der Waals surface area (Å²) < 4.78 is 18.5. The molecule has 0 bridgehead atoms. The zero-order valence-electron chi connectivity index (χ0n) is 17.0. The highest BCUT2D eigenvalue weighted by atomic mass is 32.2. The molecular weight excluding hydrogens is 418 g/mol. The van der Waals surface area contributed by atoms with Gasteiger partial charge in [0, 0.05) is 29.0 Å². The van der Waals surface area contributed by atoms with E-state index in [2.05, 4.69) is 4.98 Å². The van der Waals surface area contributed by atoms with Crippen LogP contribution in [0.15, 0.2) is 64.6 Å². The van der Waals surface area contributed by atoms with Gasteiger partial charge in [-0.15, -0.1) is 0 Å². The molecular formula is C23H21NO6S. The summed E-state index contributed by atoms with van der Waals surface area (Å²) in [5.41, 5.74) is 1.62. The number of aromatic hydroxyl groups is 1. The number of phenolic OH excluding ortho intramolecular Hbond substituents is 1. The van der Waals surface area contributed by atoms with Gasteiger partial charge in [-0.3, -0.25) is 9.78 Å². The molecule has 0 amide bonds. The third-order valence-electron chi connectivity index (χ3n) is 4.68. The first-order valence-electron chi connectivity index (χ1n) is 9.49. The zero-order chi connectivity index (χ0) is 22.5. The van der Waals surface area contributed by atoms with E-state index in [1.807, 2.05) is 6.92 Å². The molecule has 8 heteroatoms. The molecule has 2 N–H and O–H groups in total. The minimum absolute atomic E-state index is 0.0263. The van der Waals surface area contributed by atoms with Gasteiger partial charge in [0.15, 0.2) is 15.6 Å². The first kappa shape index (κ1) is 22.3. The zero-order valence-corrected chi connectivity index (χ0v) is 17.8. The van der Waals surface area contributed by atoms with E-state index < -0.39 is 17.1 Å². The Hall–Kier alpha value is -3.36. The second-order valence-corrected chi connectivity index (χ2v) is 8.24. The highest BCUT2D eigenvalue weighted by Gasteiger charge is 2.18. The Morgan fingerprint density at radius 2 is 1.81 bits per heavy atom. The minimum atomic E-state index is -1.57. The Kier molecular flexibility index (Phi) is 6.94. The molecule has 1 heterocycles. The number of phenols is 1. The van der Waals surface area contributed by atoms with Crippen molar-refractivity contribution >= 4 is 22.9 Å². The summed E-state index contributed by atoms with van der Waals surface area (Å²) in [5, 5.41) is 19.4. The largest absolute Gasteiger partial charge is 0.606 e. The van der Waals surface area contributed by atoms with Gasteiger partial charge in [-0.2, -0.15) is 0 Å². The van der Waals surface area contributed by atoms with Crippen LogP contribution in [0.25, 0.3) is 0 Å². The van der Waals surface area contributed by atoms with Gasteiger partial charge >= 0.3 is 5.97 Å². The fourth-order valence-corrected chi connectivity index (χ4v) is 4.07. The van der Waals surface area contributed by atoms with Crippen molar-refractivity contribution in [2.24, 2.45) is 0 Å². The lowest BCUT2D eigenvalue weighted by molar-refractivity contribution is 0.0696. The normalized spacial score (nSPS) is 11.7. The van der Waals surface area contributed by atoms with Crippen LogP contribution < -0.4 is 4.74 Å². The Bertz CT molecular complexity index is 1110. The van der Waals surface area contributed by atoms with Gasteiger partial charge in [0.1, 0.15) is 18.1 Å². The smallest absolute Gasteiger partial charge is 0.337 e. The number of Topliss-reactive ketones (excluding diaryl/α,β-unsaturated/α-hetero) is 1. The highest BCUT2D eigenvalue weighted by Crippen LogP contribution is 2.32. The van der Waals surface area contributed by atoms with Crippen molar-refractivity contribution < 1.29 is 29.1 Å². The second-order valence-electron chi connectivity index (χ2n) is 6.76. The number of pyridine rings is 1. The van der Waals surface area contributed by atoms with E-state index in [4.69, 9.17) is 9.84 Å². The van der Waals surface area contributed by atoms with Crippen LogP contribution in [0.4, 0.5) is 0 Å². The molecule has 31 heavy (non-hydrogen) atoms. The van der Waals surface area contributed by atoms with Gasteiger partial charge in [0.05, 0.1) is 17.3 Å². The molecule has 0 saturated carbocycles. The van der Waals surface area contributed by atoms with Gasteiger partial charge in [-0.1, -0.05) is 19.1 Å². The summed E-state index contributed by atoms with van der Waals surface area (Å²) in [6.07, 6.45) is 3.08. The maximum absolute atomic E-state index is 12.7. The van der Waals surface area contributed by atoms with Crippen LogP contribution in [0.3, 0.4) is 0 Å². The number of ether oxygens (including phenoxy) is 1. The van der Waals surface area contributed by atoms with Crippen molar-refractivity contribution in [3.63, 3.8) is 0 Å². The van der Waals surface area contributed by atoms with Crippen LogP contribution in [-0.4, -0.2) is 31.5 Å². The average molecular weight is 439 g/mol. The summed E-state index contributed by atoms with van der Waals surface area (Å²) in [6, 6.07) is 11.4. The Balaban J connectivity index is 1.73. The topological polar surface area (TPSA) is 120 Å². The van der Waals surface area contributed by atoms with E-state index >= 15 is 0 Å². The lowest BCUT2D eigenvalue weighted by atomic mass is 10.0. The number of carbonyl (C=O) groups excluding carboxylic acids is 1. The molecule has 0 aliphatic heterocycles. The van der Waals surface area contributed by atoms with Crippen molar-refractivity contribution in [1.82, 2.24) is 4.98 Å². The molecule has 0 spiro atoms. The van der Waals surface area contributed by atoms with Crippen LogP contribution in [0.5, 0.6) is 11.5 Å². The molecule has 7 nitrogen and oxygen atoms in total. The van der Waals surface area contributed by atoms with Crippen molar-refractivity contribution in [2.45, 2.75) is 36.7 Å². The molecule has 0 radical (unpaired) electrons. The van der Waals surface area contributed by atoms with Crippen molar-refractivity contribution in [2.75, 3.05) is 0 Å². The lowest BCUT2D eigenvalue weighted by Gasteiger charge is -2.14. The maximum Gasteiger partial charge on any atom is 0.337 e. The lowest BCUT2D eigenvalue weighted by Crippen LogP contribution is -2.06. The number of aromatic nitrogens is 1. The van der Waals surface area contributed by atoms with E-state index in [0.29, 0.717) is 27.5 Å². The molecule has 1 atom stereocenters. The van der Waals surface area contributed by atoms with Crippen LogP contribution in [-0.2, 0) is 24.2 Å². The van der Waals surface area contributed by atoms with Crippen LogP contribution in [0, 0.1) is 0 Å². The number of ketones is 1. The summed E-state index contributed by atoms with van der Waals surface area (Å²) >= 11 is -1.57. The highest BCUT2D eigenvalue weighted by molar-refractivity contribution is 7.91. The van der Waals surface area contributed by atoms with Crippen molar-refractivity contribution in [3.05, 3.63) is 77.1 Å². The van der Waals surface area contributed by atoms with Crippen LogP contribution in [0.2, 0.25) is 0 Å². The fourth-order valence-electron chi connectivity index (χ4n) is 3.02. The molecule has 160 valence electrons. The van der Waals surface area contributed by atoms with Crippen LogP contribution >= 0.6 is 0 Å². The van der Waals surface area contributed by atoms with E-state index in [1.165, 1.54) is 31.5 Å². The Morgan fingerprint density at radius 1 is 1.10 bits per heavy atom. The fraction of sp³-hybridized carbons (Fsp3) is 0.174. The standard InChI is InChI=1S/C23H21NO6S/c1-3-19-21(9-8-20(14(2)25)22(19)26)30-13-15-4-6-17(7-5-15)31(29)18-10-16(23(27)28)11-24-12-18/h4-12,26H,3,13H2,1-2H3,(H,27,28). The van der Waals surface area contributed by atoms with Gasteiger partial charge in [-0.05, 0) is 43.2 Å². The third kappa shape index (κ3) is 5.04. The van der Waals surface area contributed by atoms with Crippen molar-refractivity contribution in [3.8, 4) is 11.5 Å².